The maximum absolute atomic E-state index is 10.5. The van der Waals surface area contributed by atoms with Crippen LogP contribution in [0.3, 0.4) is 0 Å². The number of nitro benzene ring substituents is 2. The number of non-ortho nitro benzene ring substituents is 2. The van der Waals surface area contributed by atoms with Crippen LogP contribution in [-0.4, -0.2) is 28.2 Å². The topological polar surface area (TPSA) is 116 Å². The molecule has 8 nitrogen and oxygen atoms in total. The summed E-state index contributed by atoms with van der Waals surface area (Å²) in [5.41, 5.74) is -0.857. The third-order valence-corrected chi connectivity index (χ3v) is 1.66. The summed E-state index contributed by atoms with van der Waals surface area (Å²) >= 11 is 0. The van der Waals surface area contributed by atoms with E-state index in [1.165, 1.54) is 0 Å². The molecule has 0 bridgehead atoms. The van der Waals surface area contributed by atoms with Crippen molar-refractivity contribution in [2.45, 2.75) is 0 Å². The summed E-state index contributed by atoms with van der Waals surface area (Å²) in [6.07, 6.45) is 0. The van der Waals surface area contributed by atoms with Crippen molar-refractivity contribution in [3.8, 4) is 5.75 Å². The molecule has 0 fully saturated rings. The highest BCUT2D eigenvalue weighted by Gasteiger charge is 2.16. The van der Waals surface area contributed by atoms with Gasteiger partial charge >= 0.3 is 0 Å². The fraction of sp³-hybridized carbons (Fsp3) is 0.250. The predicted octanol–water partition coefficient (Wildman–Crippen LogP) is 0.874. The quantitative estimate of drug-likeness (QED) is 0.590. The average Bonchev–Trinajstić information content (AvgIpc) is 2.25. The van der Waals surface area contributed by atoms with E-state index in [0.717, 1.165) is 18.2 Å². The van der Waals surface area contributed by atoms with Gasteiger partial charge in [-0.1, -0.05) is 0 Å². The lowest BCUT2D eigenvalue weighted by Gasteiger charge is -2.03. The highest BCUT2D eigenvalue weighted by molar-refractivity contribution is 5.49. The van der Waals surface area contributed by atoms with Crippen molar-refractivity contribution >= 4 is 11.4 Å². The number of benzene rings is 1. The Morgan fingerprint density at radius 2 is 1.62 bits per heavy atom. The number of aliphatic hydroxyl groups excluding tert-OH is 1. The zero-order chi connectivity index (χ0) is 12.1. The minimum absolute atomic E-state index is 0.0186. The first kappa shape index (κ1) is 11.9. The van der Waals surface area contributed by atoms with Crippen LogP contribution in [0.25, 0.3) is 0 Å². The third kappa shape index (κ3) is 2.89. The third-order valence-electron chi connectivity index (χ3n) is 1.66. The van der Waals surface area contributed by atoms with Crippen LogP contribution in [0.15, 0.2) is 18.2 Å². The first-order valence-electron chi connectivity index (χ1n) is 4.22. The van der Waals surface area contributed by atoms with Crippen LogP contribution >= 0.6 is 0 Å². The van der Waals surface area contributed by atoms with Crippen molar-refractivity contribution in [3.63, 3.8) is 0 Å². The Hall–Kier alpha value is -2.22. The standard InChI is InChI=1S/C8H8N2O6/c11-1-2-16-8-4-6(9(12)13)3-7(5-8)10(14)15/h3-5,11H,1-2H2. The van der Waals surface area contributed by atoms with Crippen LogP contribution in [0, 0.1) is 20.2 Å². The van der Waals surface area contributed by atoms with Gasteiger partial charge in [-0.2, -0.15) is 0 Å². The van der Waals surface area contributed by atoms with E-state index in [1.54, 1.807) is 0 Å². The number of hydrogen-bond acceptors (Lipinski definition) is 6. The van der Waals surface area contributed by atoms with Gasteiger partial charge in [0.1, 0.15) is 12.4 Å². The molecule has 0 saturated heterocycles. The van der Waals surface area contributed by atoms with Gasteiger partial charge in [0.15, 0.2) is 0 Å². The van der Waals surface area contributed by atoms with Gasteiger partial charge in [0, 0.05) is 0 Å². The van der Waals surface area contributed by atoms with Crippen LogP contribution in [0.5, 0.6) is 5.75 Å². The van der Waals surface area contributed by atoms with E-state index in [1.807, 2.05) is 0 Å². The molecule has 0 aliphatic heterocycles. The highest BCUT2D eigenvalue weighted by atomic mass is 16.6. The average molecular weight is 228 g/mol. The Bertz CT molecular complexity index is 387. The molecule has 0 amide bonds. The summed E-state index contributed by atoms with van der Waals surface area (Å²) in [6, 6.07) is 2.96. The maximum Gasteiger partial charge on any atom is 0.280 e. The number of aliphatic hydroxyl groups is 1. The molecule has 0 aromatic heterocycles. The van der Waals surface area contributed by atoms with Crippen molar-refractivity contribution in [1.82, 2.24) is 0 Å². The molecule has 0 radical (unpaired) electrons. The fourth-order valence-corrected chi connectivity index (χ4v) is 1.03. The van der Waals surface area contributed by atoms with Gasteiger partial charge in [0.2, 0.25) is 0 Å². The normalized spacial score (nSPS) is 9.81. The van der Waals surface area contributed by atoms with Gasteiger partial charge in [-0.15, -0.1) is 0 Å². The van der Waals surface area contributed by atoms with Gasteiger partial charge in [-0.3, -0.25) is 20.2 Å². The van der Waals surface area contributed by atoms with Crippen LogP contribution in [0.1, 0.15) is 0 Å². The van der Waals surface area contributed by atoms with Crippen LogP contribution < -0.4 is 4.74 Å². The number of hydrogen-bond donors (Lipinski definition) is 1. The molecule has 86 valence electrons. The molecule has 1 aromatic rings. The summed E-state index contributed by atoms with van der Waals surface area (Å²) < 4.78 is 4.88. The van der Waals surface area contributed by atoms with E-state index < -0.39 is 21.2 Å². The Labute approximate surface area is 89.4 Å². The van der Waals surface area contributed by atoms with Gasteiger partial charge < -0.3 is 9.84 Å². The minimum Gasteiger partial charge on any atom is -0.491 e. The second kappa shape index (κ2) is 5.03. The SMILES string of the molecule is O=[N+]([O-])c1cc(OCCO)cc([N+](=O)[O-])c1. The largest absolute Gasteiger partial charge is 0.491 e. The number of ether oxygens (including phenoxy) is 1. The minimum atomic E-state index is -0.751. The molecule has 8 heteroatoms. The number of rotatable bonds is 5. The van der Waals surface area contributed by atoms with Crippen molar-refractivity contribution in [3.05, 3.63) is 38.4 Å². The summed E-state index contributed by atoms with van der Waals surface area (Å²) in [5.74, 6) is -0.0186. The van der Waals surface area contributed by atoms with E-state index in [-0.39, 0.29) is 19.0 Å². The first-order chi connectivity index (χ1) is 7.54. The lowest BCUT2D eigenvalue weighted by molar-refractivity contribution is -0.394. The van der Waals surface area contributed by atoms with E-state index in [4.69, 9.17) is 9.84 Å². The second-order valence-electron chi connectivity index (χ2n) is 2.77. The molecular weight excluding hydrogens is 220 g/mol. The Morgan fingerprint density at radius 3 is 2.00 bits per heavy atom. The molecule has 0 aliphatic rings. The Kier molecular flexibility index (Phi) is 3.72. The molecule has 0 saturated carbocycles. The van der Waals surface area contributed by atoms with Gasteiger partial charge in [-0.05, 0) is 0 Å². The maximum atomic E-state index is 10.5. The zero-order valence-corrected chi connectivity index (χ0v) is 8.03. The first-order valence-corrected chi connectivity index (χ1v) is 4.22. The van der Waals surface area contributed by atoms with Gasteiger partial charge in [-0.25, -0.2) is 0 Å². The van der Waals surface area contributed by atoms with Crippen LogP contribution in [0.4, 0.5) is 11.4 Å². The van der Waals surface area contributed by atoms with Crippen LogP contribution in [0.2, 0.25) is 0 Å². The molecule has 1 aromatic carbocycles. The highest BCUT2D eigenvalue weighted by Crippen LogP contribution is 2.27. The fourth-order valence-electron chi connectivity index (χ4n) is 1.03. The van der Waals surface area contributed by atoms with Crippen molar-refractivity contribution < 1.29 is 19.7 Å². The Balaban J connectivity index is 3.08. The lowest BCUT2D eigenvalue weighted by Crippen LogP contribution is -2.02. The summed E-state index contributed by atoms with van der Waals surface area (Å²) in [7, 11) is 0. The van der Waals surface area contributed by atoms with E-state index >= 15 is 0 Å². The van der Waals surface area contributed by atoms with Crippen molar-refractivity contribution in [2.24, 2.45) is 0 Å². The smallest absolute Gasteiger partial charge is 0.280 e. The lowest BCUT2D eigenvalue weighted by atomic mass is 10.2. The van der Waals surface area contributed by atoms with Gasteiger partial charge in [0.25, 0.3) is 11.4 Å². The molecule has 1 N–H and O–H groups in total. The summed E-state index contributed by atoms with van der Waals surface area (Å²) in [5, 5.41) is 29.5. The van der Waals surface area contributed by atoms with Crippen LogP contribution in [-0.2, 0) is 0 Å². The summed E-state index contributed by atoms with van der Waals surface area (Å²) in [6.45, 7) is -0.366. The Morgan fingerprint density at radius 1 is 1.12 bits per heavy atom. The molecule has 1 rings (SSSR count). The molecule has 0 atom stereocenters. The van der Waals surface area contributed by atoms with Crippen molar-refractivity contribution in [2.75, 3.05) is 13.2 Å². The van der Waals surface area contributed by atoms with Gasteiger partial charge in [0.05, 0.1) is 34.7 Å². The monoisotopic (exact) mass is 228 g/mol. The molecule has 0 aliphatic carbocycles. The summed E-state index contributed by atoms with van der Waals surface area (Å²) in [4.78, 5) is 19.5. The molecular formula is C8H8N2O6. The van der Waals surface area contributed by atoms with E-state index in [2.05, 4.69) is 0 Å². The second-order valence-corrected chi connectivity index (χ2v) is 2.77. The number of nitro groups is 2. The van der Waals surface area contributed by atoms with E-state index in [0.29, 0.717) is 0 Å². The van der Waals surface area contributed by atoms with E-state index in [9.17, 15) is 20.2 Å². The molecule has 0 unspecified atom stereocenters. The van der Waals surface area contributed by atoms with Crippen molar-refractivity contribution in [1.29, 1.82) is 0 Å². The molecule has 0 spiro atoms. The predicted molar refractivity (Wildman–Crippen MR) is 52.3 cm³/mol. The molecule has 16 heavy (non-hydrogen) atoms. The zero-order valence-electron chi connectivity index (χ0n) is 8.03. The number of nitrogens with zero attached hydrogens (tertiary/aromatic N) is 2. The molecule has 0 heterocycles.